The average molecular weight is 347 g/mol. The second-order valence-electron chi connectivity index (χ2n) is 5.83. The molecule has 2 nitrogen and oxygen atoms in total. The summed E-state index contributed by atoms with van der Waals surface area (Å²) in [4.78, 5) is 13.9. The molecule has 0 saturated carbocycles. The topological polar surface area (TPSA) is 29.1 Å². The number of aryl methyl sites for hydroxylation is 2. The molecule has 0 saturated heterocycles. The number of hydrogen-bond donors (Lipinski definition) is 1. The van der Waals surface area contributed by atoms with Gasteiger partial charge in [0.05, 0.1) is 0 Å². The van der Waals surface area contributed by atoms with Gasteiger partial charge in [-0.15, -0.1) is 11.8 Å². The zero-order valence-electron chi connectivity index (χ0n) is 14.2. The first-order chi connectivity index (χ1) is 12.3. The van der Waals surface area contributed by atoms with Crippen LogP contribution in [0, 0.1) is 0 Å². The van der Waals surface area contributed by atoms with Gasteiger partial charge in [0.1, 0.15) is 0 Å². The van der Waals surface area contributed by atoms with Gasteiger partial charge in [0.2, 0.25) is 0 Å². The molecule has 0 radical (unpaired) electrons. The Kier molecular flexibility index (Phi) is 5.91. The summed E-state index contributed by atoms with van der Waals surface area (Å²) in [6.07, 6.45) is 3.80. The van der Waals surface area contributed by atoms with Gasteiger partial charge in [-0.3, -0.25) is 4.79 Å². The van der Waals surface area contributed by atoms with E-state index >= 15 is 0 Å². The standard InChI is InChI=1S/C22H21NOS/c1-25-20-12-7-11-19(16-20)23-22(24)21-13-6-5-10-18(21)15-14-17-8-3-2-4-9-17/h2-13,16H,14-15H2,1H3,(H,23,24). The summed E-state index contributed by atoms with van der Waals surface area (Å²) in [6, 6.07) is 26.1. The Balaban J connectivity index is 1.74. The number of carbonyl (C=O) groups excluding carboxylic acids is 1. The molecule has 0 unspecified atom stereocenters. The number of carbonyl (C=O) groups is 1. The summed E-state index contributed by atoms with van der Waals surface area (Å²) >= 11 is 1.66. The predicted molar refractivity (Wildman–Crippen MR) is 106 cm³/mol. The van der Waals surface area contributed by atoms with Crippen molar-refractivity contribution in [1.29, 1.82) is 0 Å². The highest BCUT2D eigenvalue weighted by atomic mass is 32.2. The van der Waals surface area contributed by atoms with Gasteiger partial charge in [-0.05, 0) is 54.5 Å². The van der Waals surface area contributed by atoms with Gasteiger partial charge in [-0.1, -0.05) is 54.6 Å². The zero-order chi connectivity index (χ0) is 17.5. The van der Waals surface area contributed by atoms with Gasteiger partial charge in [-0.2, -0.15) is 0 Å². The van der Waals surface area contributed by atoms with E-state index in [0.29, 0.717) is 0 Å². The zero-order valence-corrected chi connectivity index (χ0v) is 15.1. The SMILES string of the molecule is CSc1cccc(NC(=O)c2ccccc2CCc2ccccc2)c1. The van der Waals surface area contributed by atoms with Crippen molar-refractivity contribution in [3.63, 3.8) is 0 Å². The normalized spacial score (nSPS) is 10.4. The smallest absolute Gasteiger partial charge is 0.255 e. The number of nitrogens with one attached hydrogen (secondary N) is 1. The van der Waals surface area contributed by atoms with Crippen LogP contribution < -0.4 is 5.32 Å². The van der Waals surface area contributed by atoms with Crippen LogP contribution in [0.2, 0.25) is 0 Å². The highest BCUT2D eigenvalue weighted by Crippen LogP contribution is 2.20. The molecule has 0 bridgehead atoms. The molecule has 0 aromatic heterocycles. The number of thioether (sulfide) groups is 1. The molecule has 0 atom stereocenters. The van der Waals surface area contributed by atoms with E-state index in [4.69, 9.17) is 0 Å². The minimum absolute atomic E-state index is 0.0538. The van der Waals surface area contributed by atoms with Crippen LogP contribution in [0.4, 0.5) is 5.69 Å². The fraction of sp³-hybridized carbons (Fsp3) is 0.136. The van der Waals surface area contributed by atoms with Crippen LogP contribution in [0.5, 0.6) is 0 Å². The molecule has 1 amide bonds. The number of amides is 1. The van der Waals surface area contributed by atoms with Crippen LogP contribution in [-0.2, 0) is 12.8 Å². The van der Waals surface area contributed by atoms with E-state index in [1.54, 1.807) is 11.8 Å². The van der Waals surface area contributed by atoms with E-state index in [0.717, 1.165) is 34.6 Å². The van der Waals surface area contributed by atoms with E-state index in [9.17, 15) is 4.79 Å². The minimum atomic E-state index is -0.0538. The molecule has 126 valence electrons. The van der Waals surface area contributed by atoms with Crippen LogP contribution in [0.15, 0.2) is 83.8 Å². The summed E-state index contributed by atoms with van der Waals surface area (Å²) in [5.41, 5.74) is 3.93. The second kappa shape index (κ2) is 8.54. The van der Waals surface area contributed by atoms with Crippen molar-refractivity contribution in [2.24, 2.45) is 0 Å². The van der Waals surface area contributed by atoms with Crippen LogP contribution in [0.1, 0.15) is 21.5 Å². The van der Waals surface area contributed by atoms with Crippen molar-refractivity contribution in [2.75, 3.05) is 11.6 Å². The lowest BCUT2D eigenvalue weighted by Crippen LogP contribution is -2.14. The van der Waals surface area contributed by atoms with Gasteiger partial charge in [0.25, 0.3) is 5.91 Å². The summed E-state index contributed by atoms with van der Waals surface area (Å²) in [7, 11) is 0. The number of anilines is 1. The molecule has 3 aromatic rings. The predicted octanol–water partition coefficient (Wildman–Crippen LogP) is 5.45. The van der Waals surface area contributed by atoms with E-state index in [1.807, 2.05) is 73.0 Å². The van der Waals surface area contributed by atoms with Gasteiger partial charge in [-0.25, -0.2) is 0 Å². The maximum absolute atomic E-state index is 12.7. The van der Waals surface area contributed by atoms with Crippen molar-refractivity contribution in [3.8, 4) is 0 Å². The molecule has 0 aliphatic carbocycles. The largest absolute Gasteiger partial charge is 0.322 e. The Morgan fingerprint density at radius 2 is 1.64 bits per heavy atom. The average Bonchev–Trinajstić information content (AvgIpc) is 2.67. The third-order valence-corrected chi connectivity index (χ3v) is 4.84. The van der Waals surface area contributed by atoms with E-state index in [1.165, 1.54) is 5.56 Å². The lowest BCUT2D eigenvalue weighted by molar-refractivity contribution is 0.102. The third-order valence-electron chi connectivity index (χ3n) is 4.12. The first kappa shape index (κ1) is 17.3. The van der Waals surface area contributed by atoms with Crippen molar-refractivity contribution >= 4 is 23.4 Å². The first-order valence-corrected chi connectivity index (χ1v) is 9.56. The highest BCUT2D eigenvalue weighted by Gasteiger charge is 2.11. The van der Waals surface area contributed by atoms with E-state index < -0.39 is 0 Å². The molecular formula is C22H21NOS. The third kappa shape index (κ3) is 4.74. The van der Waals surface area contributed by atoms with Gasteiger partial charge >= 0.3 is 0 Å². The minimum Gasteiger partial charge on any atom is -0.322 e. The molecule has 0 heterocycles. The van der Waals surface area contributed by atoms with Gasteiger partial charge < -0.3 is 5.32 Å². The summed E-state index contributed by atoms with van der Waals surface area (Å²) in [5, 5.41) is 3.02. The lowest BCUT2D eigenvalue weighted by Gasteiger charge is -2.11. The van der Waals surface area contributed by atoms with E-state index in [-0.39, 0.29) is 5.91 Å². The summed E-state index contributed by atoms with van der Waals surface area (Å²) < 4.78 is 0. The van der Waals surface area contributed by atoms with Crippen LogP contribution in [0.3, 0.4) is 0 Å². The van der Waals surface area contributed by atoms with Gasteiger partial charge in [0, 0.05) is 16.1 Å². The number of hydrogen-bond acceptors (Lipinski definition) is 2. The van der Waals surface area contributed by atoms with Gasteiger partial charge in [0.15, 0.2) is 0 Å². The first-order valence-electron chi connectivity index (χ1n) is 8.33. The molecule has 0 aliphatic heterocycles. The molecule has 0 spiro atoms. The Hall–Kier alpha value is -2.52. The highest BCUT2D eigenvalue weighted by molar-refractivity contribution is 7.98. The fourth-order valence-electron chi connectivity index (χ4n) is 2.78. The Morgan fingerprint density at radius 3 is 2.44 bits per heavy atom. The fourth-order valence-corrected chi connectivity index (χ4v) is 3.24. The Bertz CT molecular complexity index is 845. The summed E-state index contributed by atoms with van der Waals surface area (Å²) in [6.45, 7) is 0. The lowest BCUT2D eigenvalue weighted by atomic mass is 9.99. The Morgan fingerprint density at radius 1 is 0.880 bits per heavy atom. The maximum atomic E-state index is 12.7. The number of rotatable bonds is 6. The van der Waals surface area contributed by atoms with Crippen LogP contribution >= 0.6 is 11.8 Å². The quantitative estimate of drug-likeness (QED) is 0.601. The van der Waals surface area contributed by atoms with Crippen molar-refractivity contribution in [2.45, 2.75) is 17.7 Å². The molecule has 0 fully saturated rings. The molecule has 3 rings (SSSR count). The number of benzene rings is 3. The molecule has 3 heteroatoms. The monoisotopic (exact) mass is 347 g/mol. The molecule has 1 N–H and O–H groups in total. The van der Waals surface area contributed by atoms with Crippen LogP contribution in [-0.4, -0.2) is 12.2 Å². The molecular weight excluding hydrogens is 326 g/mol. The maximum Gasteiger partial charge on any atom is 0.255 e. The van der Waals surface area contributed by atoms with Crippen LogP contribution in [0.25, 0.3) is 0 Å². The molecule has 25 heavy (non-hydrogen) atoms. The second-order valence-corrected chi connectivity index (χ2v) is 6.71. The summed E-state index contributed by atoms with van der Waals surface area (Å²) in [5.74, 6) is -0.0538. The molecule has 0 aliphatic rings. The van der Waals surface area contributed by atoms with Crippen molar-refractivity contribution < 1.29 is 4.79 Å². The Labute approximate surface area is 153 Å². The van der Waals surface area contributed by atoms with E-state index in [2.05, 4.69) is 17.4 Å². The molecule has 3 aromatic carbocycles. The van der Waals surface area contributed by atoms with Crippen molar-refractivity contribution in [1.82, 2.24) is 0 Å². The van der Waals surface area contributed by atoms with Crippen molar-refractivity contribution in [3.05, 3.63) is 95.6 Å².